The minimum absolute atomic E-state index is 0.00452. The molecule has 0 aromatic heterocycles. The fourth-order valence-corrected chi connectivity index (χ4v) is 1.65. The van der Waals surface area contributed by atoms with E-state index in [-0.39, 0.29) is 11.6 Å². The Morgan fingerprint density at radius 2 is 1.71 bits per heavy atom. The van der Waals surface area contributed by atoms with Crippen LogP contribution in [0, 0.1) is 10.1 Å². The molecule has 0 heterocycles. The predicted molar refractivity (Wildman–Crippen MR) is 79.3 cm³/mol. The largest absolute Gasteiger partial charge is 0.489 e. The molecular formula is C14H14N4O3. The van der Waals surface area contributed by atoms with Gasteiger partial charge in [0, 0.05) is 12.1 Å². The van der Waals surface area contributed by atoms with Crippen LogP contribution in [0.1, 0.15) is 5.56 Å². The summed E-state index contributed by atoms with van der Waals surface area (Å²) in [5.41, 5.74) is 12.2. The van der Waals surface area contributed by atoms with Crippen molar-refractivity contribution in [2.45, 2.75) is 6.61 Å². The molecule has 2 aromatic rings. The third-order valence-corrected chi connectivity index (χ3v) is 2.65. The van der Waals surface area contributed by atoms with E-state index >= 15 is 0 Å². The van der Waals surface area contributed by atoms with Crippen molar-refractivity contribution in [1.82, 2.24) is 0 Å². The van der Waals surface area contributed by atoms with Crippen molar-refractivity contribution in [2.24, 2.45) is 16.5 Å². The van der Waals surface area contributed by atoms with Gasteiger partial charge < -0.3 is 16.2 Å². The average Bonchev–Trinajstić information content (AvgIpc) is 2.46. The van der Waals surface area contributed by atoms with Crippen molar-refractivity contribution in [3.05, 3.63) is 64.2 Å². The molecule has 2 rings (SSSR count). The van der Waals surface area contributed by atoms with E-state index in [9.17, 15) is 10.1 Å². The van der Waals surface area contributed by atoms with Crippen LogP contribution in [0.2, 0.25) is 0 Å². The Morgan fingerprint density at radius 3 is 2.24 bits per heavy atom. The van der Waals surface area contributed by atoms with Gasteiger partial charge in [-0.2, -0.15) is 0 Å². The molecule has 0 aliphatic heterocycles. The van der Waals surface area contributed by atoms with Crippen molar-refractivity contribution in [1.29, 1.82) is 0 Å². The first-order chi connectivity index (χ1) is 10.0. The zero-order valence-electron chi connectivity index (χ0n) is 11.1. The van der Waals surface area contributed by atoms with E-state index in [1.54, 1.807) is 24.3 Å². The summed E-state index contributed by atoms with van der Waals surface area (Å²) in [6.07, 6.45) is 0. The first-order valence-electron chi connectivity index (χ1n) is 6.10. The van der Waals surface area contributed by atoms with Gasteiger partial charge >= 0.3 is 0 Å². The van der Waals surface area contributed by atoms with Gasteiger partial charge in [-0.15, -0.1) is 0 Å². The number of nitro groups is 1. The number of aliphatic imine (C=N–C) groups is 1. The standard InChI is InChI=1S/C14H14N4O3/c15-14(16)17-11-3-1-10(2-4-11)9-21-13-7-5-12(6-8-13)18(19)20/h1-8H,9H2,(H4,15,16,17). The van der Waals surface area contributed by atoms with Crippen LogP contribution >= 0.6 is 0 Å². The number of benzene rings is 2. The number of hydrogen-bond donors (Lipinski definition) is 2. The lowest BCUT2D eigenvalue weighted by Gasteiger charge is -2.06. The van der Waals surface area contributed by atoms with Crippen LogP contribution in [-0.4, -0.2) is 10.9 Å². The van der Waals surface area contributed by atoms with E-state index in [1.165, 1.54) is 12.1 Å². The van der Waals surface area contributed by atoms with Gasteiger partial charge in [0.2, 0.25) is 0 Å². The highest BCUT2D eigenvalue weighted by molar-refractivity contribution is 5.78. The second-order valence-electron chi connectivity index (χ2n) is 4.24. The Bertz CT molecular complexity index is 647. The third kappa shape index (κ3) is 4.20. The normalized spacial score (nSPS) is 9.90. The molecular weight excluding hydrogens is 272 g/mol. The molecule has 108 valence electrons. The maximum absolute atomic E-state index is 10.5. The molecule has 2 aromatic carbocycles. The van der Waals surface area contributed by atoms with Gasteiger partial charge in [-0.3, -0.25) is 10.1 Å². The van der Waals surface area contributed by atoms with Crippen molar-refractivity contribution < 1.29 is 9.66 Å². The lowest BCUT2D eigenvalue weighted by atomic mass is 10.2. The minimum Gasteiger partial charge on any atom is -0.489 e. The van der Waals surface area contributed by atoms with Crippen LogP contribution in [0.5, 0.6) is 5.75 Å². The van der Waals surface area contributed by atoms with Crippen LogP contribution in [0.3, 0.4) is 0 Å². The van der Waals surface area contributed by atoms with Crippen LogP contribution in [0.25, 0.3) is 0 Å². The number of non-ortho nitro benzene ring substituents is 1. The summed E-state index contributed by atoms with van der Waals surface area (Å²) in [4.78, 5) is 14.0. The average molecular weight is 286 g/mol. The van der Waals surface area contributed by atoms with Crippen LogP contribution in [-0.2, 0) is 6.61 Å². The van der Waals surface area contributed by atoms with Crippen LogP contribution in [0.15, 0.2) is 53.5 Å². The van der Waals surface area contributed by atoms with E-state index in [2.05, 4.69) is 4.99 Å². The molecule has 21 heavy (non-hydrogen) atoms. The molecule has 0 atom stereocenters. The second kappa shape index (κ2) is 6.38. The monoisotopic (exact) mass is 286 g/mol. The fourth-order valence-electron chi connectivity index (χ4n) is 1.65. The van der Waals surface area contributed by atoms with Gasteiger partial charge in [-0.25, -0.2) is 4.99 Å². The molecule has 0 aliphatic rings. The molecule has 0 amide bonds. The van der Waals surface area contributed by atoms with Crippen molar-refractivity contribution in [3.8, 4) is 5.75 Å². The van der Waals surface area contributed by atoms with Gasteiger partial charge in [0.25, 0.3) is 5.69 Å². The number of rotatable bonds is 5. The molecule has 0 bridgehead atoms. The predicted octanol–water partition coefficient (Wildman–Crippen LogP) is 2.08. The molecule has 0 spiro atoms. The number of ether oxygens (including phenoxy) is 1. The number of hydrogen-bond acceptors (Lipinski definition) is 4. The highest BCUT2D eigenvalue weighted by Gasteiger charge is 2.04. The summed E-state index contributed by atoms with van der Waals surface area (Å²) < 4.78 is 5.54. The van der Waals surface area contributed by atoms with Crippen molar-refractivity contribution in [3.63, 3.8) is 0 Å². The Morgan fingerprint density at radius 1 is 1.10 bits per heavy atom. The lowest BCUT2D eigenvalue weighted by Crippen LogP contribution is -2.21. The van der Waals surface area contributed by atoms with Crippen LogP contribution < -0.4 is 16.2 Å². The molecule has 0 fully saturated rings. The molecule has 7 nitrogen and oxygen atoms in total. The fraction of sp³-hybridized carbons (Fsp3) is 0.0714. The van der Waals surface area contributed by atoms with E-state index in [0.717, 1.165) is 5.56 Å². The maximum Gasteiger partial charge on any atom is 0.269 e. The number of nitro benzene ring substituents is 1. The van der Waals surface area contributed by atoms with Gasteiger partial charge in [0.1, 0.15) is 12.4 Å². The minimum atomic E-state index is -0.452. The van der Waals surface area contributed by atoms with Gasteiger partial charge in [0.05, 0.1) is 10.6 Å². The topological polar surface area (TPSA) is 117 Å². The summed E-state index contributed by atoms with van der Waals surface area (Å²) in [6.45, 7) is 0.347. The Hall–Kier alpha value is -3.09. The van der Waals surface area contributed by atoms with E-state index in [1.807, 2.05) is 12.1 Å². The van der Waals surface area contributed by atoms with Crippen molar-refractivity contribution >= 4 is 17.3 Å². The SMILES string of the molecule is NC(N)=Nc1ccc(COc2ccc([N+](=O)[O-])cc2)cc1. The second-order valence-corrected chi connectivity index (χ2v) is 4.24. The zero-order valence-corrected chi connectivity index (χ0v) is 11.1. The molecule has 0 saturated heterocycles. The Balaban J connectivity index is 1.96. The quantitative estimate of drug-likeness (QED) is 0.377. The summed E-state index contributed by atoms with van der Waals surface area (Å²) in [5.74, 6) is 0.568. The molecule has 0 saturated carbocycles. The number of nitrogens with two attached hydrogens (primary N) is 2. The molecule has 4 N–H and O–H groups in total. The zero-order chi connectivity index (χ0) is 15.2. The number of guanidine groups is 1. The van der Waals surface area contributed by atoms with Gasteiger partial charge in [0.15, 0.2) is 5.96 Å². The first-order valence-corrected chi connectivity index (χ1v) is 6.10. The highest BCUT2D eigenvalue weighted by Crippen LogP contribution is 2.19. The highest BCUT2D eigenvalue weighted by atomic mass is 16.6. The van der Waals surface area contributed by atoms with Gasteiger partial charge in [-0.05, 0) is 29.8 Å². The lowest BCUT2D eigenvalue weighted by molar-refractivity contribution is -0.384. The first kappa shape index (κ1) is 14.3. The maximum atomic E-state index is 10.5. The Labute approximate surface area is 121 Å². The molecule has 0 radical (unpaired) electrons. The Kier molecular flexibility index (Phi) is 4.35. The molecule has 0 unspecified atom stereocenters. The summed E-state index contributed by atoms with van der Waals surface area (Å²) in [6, 6.07) is 13.1. The molecule has 0 aliphatic carbocycles. The third-order valence-electron chi connectivity index (χ3n) is 2.65. The van der Waals surface area contributed by atoms with E-state index in [4.69, 9.17) is 16.2 Å². The smallest absolute Gasteiger partial charge is 0.269 e. The van der Waals surface area contributed by atoms with Crippen molar-refractivity contribution in [2.75, 3.05) is 0 Å². The van der Waals surface area contributed by atoms with Gasteiger partial charge in [-0.1, -0.05) is 12.1 Å². The van der Waals surface area contributed by atoms with E-state index < -0.39 is 4.92 Å². The number of nitrogens with zero attached hydrogens (tertiary/aromatic N) is 2. The van der Waals surface area contributed by atoms with E-state index in [0.29, 0.717) is 18.0 Å². The summed E-state index contributed by atoms with van der Waals surface area (Å²) in [7, 11) is 0. The summed E-state index contributed by atoms with van der Waals surface area (Å²) >= 11 is 0. The molecule has 7 heteroatoms. The van der Waals surface area contributed by atoms with Crippen LogP contribution in [0.4, 0.5) is 11.4 Å². The summed E-state index contributed by atoms with van der Waals surface area (Å²) in [5, 5.41) is 10.5.